The summed E-state index contributed by atoms with van der Waals surface area (Å²) in [5.74, 6) is -0.878. The van der Waals surface area contributed by atoms with Crippen LogP contribution in [0.5, 0.6) is 0 Å². The van der Waals surface area contributed by atoms with Crippen molar-refractivity contribution in [2.24, 2.45) is 0 Å². The Balaban J connectivity index is 1.48. The number of esters is 1. The fourth-order valence-corrected chi connectivity index (χ4v) is 3.68. The number of thiophene rings is 1. The molecule has 0 spiro atoms. The lowest BCUT2D eigenvalue weighted by molar-refractivity contribution is -0.119. The molecule has 0 aliphatic carbocycles. The van der Waals surface area contributed by atoms with Crippen LogP contribution in [0.2, 0.25) is 0 Å². The SMILES string of the molecule is O=C(COC(=O)c1ccc(Br)s1)Nc1ccc(N2CCOCC2)cc1. The monoisotopic (exact) mass is 424 g/mol. The first-order valence-electron chi connectivity index (χ1n) is 7.77. The van der Waals surface area contributed by atoms with Gasteiger partial charge in [-0.25, -0.2) is 4.79 Å². The molecule has 0 bridgehead atoms. The van der Waals surface area contributed by atoms with Crippen LogP contribution >= 0.6 is 27.3 Å². The topological polar surface area (TPSA) is 67.9 Å². The second-order valence-electron chi connectivity index (χ2n) is 5.37. The van der Waals surface area contributed by atoms with E-state index in [0.717, 1.165) is 35.8 Å². The summed E-state index contributed by atoms with van der Waals surface area (Å²) in [6, 6.07) is 11.0. The number of hydrogen-bond acceptors (Lipinski definition) is 6. The summed E-state index contributed by atoms with van der Waals surface area (Å²) in [5, 5.41) is 2.72. The number of carbonyl (C=O) groups is 2. The lowest BCUT2D eigenvalue weighted by Crippen LogP contribution is -2.36. The van der Waals surface area contributed by atoms with Crippen molar-refractivity contribution in [1.82, 2.24) is 0 Å². The maximum Gasteiger partial charge on any atom is 0.348 e. The summed E-state index contributed by atoms with van der Waals surface area (Å²) in [6.07, 6.45) is 0. The van der Waals surface area contributed by atoms with Crippen LogP contribution in [-0.4, -0.2) is 44.8 Å². The molecule has 3 rings (SSSR count). The molecule has 1 aromatic heterocycles. The molecule has 8 heteroatoms. The molecule has 1 aliphatic heterocycles. The van der Waals surface area contributed by atoms with Crippen LogP contribution in [0.3, 0.4) is 0 Å². The van der Waals surface area contributed by atoms with Crippen LogP contribution in [-0.2, 0) is 14.3 Å². The molecule has 1 saturated heterocycles. The van der Waals surface area contributed by atoms with Crippen LogP contribution in [0.25, 0.3) is 0 Å². The van der Waals surface area contributed by atoms with Crippen molar-refractivity contribution in [3.8, 4) is 0 Å². The third kappa shape index (κ3) is 5.04. The molecule has 1 N–H and O–H groups in total. The molecule has 0 atom stereocenters. The molecule has 1 aromatic carbocycles. The highest BCUT2D eigenvalue weighted by Crippen LogP contribution is 2.22. The molecular formula is C17H17BrN2O4S. The van der Waals surface area contributed by atoms with Gasteiger partial charge in [-0.05, 0) is 52.3 Å². The quantitative estimate of drug-likeness (QED) is 0.746. The van der Waals surface area contributed by atoms with E-state index < -0.39 is 5.97 Å². The number of morpholine rings is 1. The predicted octanol–water partition coefficient (Wildman–Crippen LogP) is 3.14. The van der Waals surface area contributed by atoms with Crippen LogP contribution in [0, 0.1) is 0 Å². The van der Waals surface area contributed by atoms with Crippen molar-refractivity contribution in [2.75, 3.05) is 43.1 Å². The van der Waals surface area contributed by atoms with E-state index in [0.29, 0.717) is 10.6 Å². The van der Waals surface area contributed by atoms with E-state index in [-0.39, 0.29) is 12.5 Å². The number of rotatable bonds is 5. The summed E-state index contributed by atoms with van der Waals surface area (Å²) in [5.41, 5.74) is 1.76. The summed E-state index contributed by atoms with van der Waals surface area (Å²) < 4.78 is 11.2. The Morgan fingerprint density at radius 3 is 2.52 bits per heavy atom. The molecule has 25 heavy (non-hydrogen) atoms. The van der Waals surface area contributed by atoms with Gasteiger partial charge < -0.3 is 19.7 Å². The lowest BCUT2D eigenvalue weighted by Gasteiger charge is -2.28. The van der Waals surface area contributed by atoms with E-state index in [1.54, 1.807) is 12.1 Å². The van der Waals surface area contributed by atoms with Gasteiger partial charge >= 0.3 is 5.97 Å². The Morgan fingerprint density at radius 2 is 1.88 bits per heavy atom. The highest BCUT2D eigenvalue weighted by molar-refractivity contribution is 9.11. The van der Waals surface area contributed by atoms with E-state index in [9.17, 15) is 9.59 Å². The number of amides is 1. The molecule has 1 aliphatic rings. The Hall–Kier alpha value is -1.90. The van der Waals surface area contributed by atoms with Crippen molar-refractivity contribution < 1.29 is 19.1 Å². The minimum absolute atomic E-state index is 0.320. The Morgan fingerprint density at radius 1 is 1.16 bits per heavy atom. The molecule has 1 fully saturated rings. The first kappa shape index (κ1) is 17.9. The molecule has 6 nitrogen and oxygen atoms in total. The smallest absolute Gasteiger partial charge is 0.348 e. The molecular weight excluding hydrogens is 408 g/mol. The Labute approximate surface area is 157 Å². The van der Waals surface area contributed by atoms with Crippen LogP contribution in [0.1, 0.15) is 9.67 Å². The van der Waals surface area contributed by atoms with Gasteiger partial charge in [0.15, 0.2) is 6.61 Å². The highest BCUT2D eigenvalue weighted by atomic mass is 79.9. The number of ether oxygens (including phenoxy) is 2. The van der Waals surface area contributed by atoms with E-state index in [2.05, 4.69) is 26.1 Å². The summed E-state index contributed by atoms with van der Waals surface area (Å²) in [7, 11) is 0. The fraction of sp³-hybridized carbons (Fsp3) is 0.294. The summed E-state index contributed by atoms with van der Waals surface area (Å²) in [4.78, 5) is 26.4. The van der Waals surface area contributed by atoms with E-state index in [4.69, 9.17) is 9.47 Å². The van der Waals surface area contributed by atoms with Crippen molar-refractivity contribution in [1.29, 1.82) is 0 Å². The van der Waals surface area contributed by atoms with Gasteiger partial charge in [0.05, 0.1) is 17.0 Å². The van der Waals surface area contributed by atoms with Crippen LogP contribution in [0.15, 0.2) is 40.2 Å². The number of nitrogens with zero attached hydrogens (tertiary/aromatic N) is 1. The minimum atomic E-state index is -0.506. The average Bonchev–Trinajstić information content (AvgIpc) is 3.08. The minimum Gasteiger partial charge on any atom is -0.451 e. The van der Waals surface area contributed by atoms with Crippen molar-refractivity contribution in [3.05, 3.63) is 45.1 Å². The largest absolute Gasteiger partial charge is 0.451 e. The van der Waals surface area contributed by atoms with Gasteiger partial charge in [-0.2, -0.15) is 0 Å². The van der Waals surface area contributed by atoms with Gasteiger partial charge in [0.1, 0.15) is 4.88 Å². The van der Waals surface area contributed by atoms with Crippen LogP contribution < -0.4 is 10.2 Å². The number of nitrogens with one attached hydrogen (secondary N) is 1. The second-order valence-corrected chi connectivity index (χ2v) is 7.84. The molecule has 0 unspecified atom stereocenters. The van der Waals surface area contributed by atoms with Gasteiger partial charge in [-0.3, -0.25) is 4.79 Å². The van der Waals surface area contributed by atoms with Gasteiger partial charge in [0.2, 0.25) is 0 Å². The zero-order valence-electron chi connectivity index (χ0n) is 13.4. The molecule has 0 saturated carbocycles. The zero-order valence-corrected chi connectivity index (χ0v) is 15.8. The number of carbonyl (C=O) groups excluding carboxylic acids is 2. The fourth-order valence-electron chi connectivity index (χ4n) is 2.40. The van der Waals surface area contributed by atoms with Crippen molar-refractivity contribution in [3.63, 3.8) is 0 Å². The standard InChI is InChI=1S/C17H17BrN2O4S/c18-15-6-5-14(25-15)17(22)24-11-16(21)19-12-1-3-13(4-2-12)20-7-9-23-10-8-20/h1-6H,7-11H2,(H,19,21). The molecule has 1 amide bonds. The van der Waals surface area contributed by atoms with Crippen LogP contribution in [0.4, 0.5) is 11.4 Å². The summed E-state index contributed by atoms with van der Waals surface area (Å²) >= 11 is 4.54. The second kappa shape index (κ2) is 8.46. The normalized spacial score (nSPS) is 14.2. The number of hydrogen-bond donors (Lipinski definition) is 1. The van der Waals surface area contributed by atoms with Gasteiger partial charge in [-0.15, -0.1) is 11.3 Å². The first-order valence-corrected chi connectivity index (χ1v) is 9.38. The van der Waals surface area contributed by atoms with Crippen molar-refractivity contribution in [2.45, 2.75) is 0 Å². The number of halogens is 1. The van der Waals surface area contributed by atoms with Crippen molar-refractivity contribution >= 4 is 50.5 Å². The van der Waals surface area contributed by atoms with E-state index in [1.807, 2.05) is 24.3 Å². The summed E-state index contributed by atoms with van der Waals surface area (Å²) in [6.45, 7) is 2.86. The highest BCUT2D eigenvalue weighted by Gasteiger charge is 2.13. The maximum atomic E-state index is 11.9. The van der Waals surface area contributed by atoms with Gasteiger partial charge in [0.25, 0.3) is 5.91 Å². The Kier molecular flexibility index (Phi) is 6.06. The maximum absolute atomic E-state index is 11.9. The molecule has 0 radical (unpaired) electrons. The third-order valence-corrected chi connectivity index (χ3v) is 5.24. The zero-order chi connectivity index (χ0) is 17.6. The number of anilines is 2. The lowest BCUT2D eigenvalue weighted by atomic mass is 10.2. The third-order valence-electron chi connectivity index (χ3n) is 3.64. The first-order chi connectivity index (χ1) is 12.1. The van der Waals surface area contributed by atoms with E-state index in [1.165, 1.54) is 11.3 Å². The number of benzene rings is 1. The van der Waals surface area contributed by atoms with E-state index >= 15 is 0 Å². The predicted molar refractivity (Wildman–Crippen MR) is 100 cm³/mol. The average molecular weight is 425 g/mol. The van der Waals surface area contributed by atoms with Gasteiger partial charge in [0, 0.05) is 24.5 Å². The Bertz CT molecular complexity index is 741. The molecule has 2 aromatic rings. The molecule has 132 valence electrons. The molecule has 2 heterocycles. The van der Waals surface area contributed by atoms with Gasteiger partial charge in [-0.1, -0.05) is 0 Å².